The van der Waals surface area contributed by atoms with E-state index in [1.807, 2.05) is 0 Å². The number of benzene rings is 1. The van der Waals surface area contributed by atoms with Crippen molar-refractivity contribution in [1.29, 1.82) is 0 Å². The summed E-state index contributed by atoms with van der Waals surface area (Å²) >= 11 is 0. The van der Waals surface area contributed by atoms with Gasteiger partial charge in [-0.2, -0.15) is 4.31 Å². The number of nitrogens with one attached hydrogen (secondary N) is 1. The van der Waals surface area contributed by atoms with Crippen LogP contribution in [0.3, 0.4) is 0 Å². The molecule has 1 amide bonds. The predicted octanol–water partition coefficient (Wildman–Crippen LogP) is 2.28. The van der Waals surface area contributed by atoms with Crippen LogP contribution in [0.4, 0.5) is 0 Å². The van der Waals surface area contributed by atoms with Gasteiger partial charge in [-0.3, -0.25) is 4.79 Å². The Hall–Kier alpha value is -2.78. The molecule has 1 aliphatic heterocycles. The number of carbonyl (C=O) groups is 2. The first-order chi connectivity index (χ1) is 14.3. The molecule has 0 saturated carbocycles. The molecule has 0 bridgehead atoms. The number of pyridine rings is 1. The van der Waals surface area contributed by atoms with E-state index < -0.39 is 16.0 Å². The first-order valence-electron chi connectivity index (χ1n) is 9.85. The van der Waals surface area contributed by atoms with E-state index in [1.54, 1.807) is 38.1 Å². The van der Waals surface area contributed by atoms with Gasteiger partial charge < -0.3 is 10.1 Å². The van der Waals surface area contributed by atoms with Gasteiger partial charge in [-0.15, -0.1) is 0 Å². The minimum Gasteiger partial charge on any atom is -0.462 e. The third-order valence-corrected chi connectivity index (χ3v) is 6.81. The van der Waals surface area contributed by atoms with E-state index in [0.29, 0.717) is 24.3 Å². The van der Waals surface area contributed by atoms with Gasteiger partial charge in [-0.1, -0.05) is 12.1 Å². The Kier molecular flexibility index (Phi) is 6.84. The third kappa shape index (κ3) is 4.85. The Morgan fingerprint density at radius 2 is 1.77 bits per heavy atom. The number of carbonyl (C=O) groups excluding carboxylic acids is 2. The van der Waals surface area contributed by atoms with Crippen LogP contribution in [-0.2, 0) is 21.3 Å². The maximum atomic E-state index is 12.6. The van der Waals surface area contributed by atoms with E-state index in [4.69, 9.17) is 4.74 Å². The van der Waals surface area contributed by atoms with Gasteiger partial charge in [0.15, 0.2) is 0 Å². The molecule has 2 heterocycles. The van der Waals surface area contributed by atoms with E-state index in [1.165, 1.54) is 16.4 Å². The number of sulfonamides is 1. The number of hydrogen-bond donors (Lipinski definition) is 1. The Bertz CT molecular complexity index is 1030. The van der Waals surface area contributed by atoms with E-state index in [2.05, 4.69) is 10.3 Å². The zero-order chi connectivity index (χ0) is 21.7. The summed E-state index contributed by atoms with van der Waals surface area (Å²) in [7, 11) is -3.45. The summed E-state index contributed by atoms with van der Waals surface area (Å²) < 4.78 is 31.6. The zero-order valence-electron chi connectivity index (χ0n) is 17.1. The fourth-order valence-corrected chi connectivity index (χ4v) is 4.76. The molecule has 8 nitrogen and oxygen atoms in total. The van der Waals surface area contributed by atoms with E-state index in [-0.39, 0.29) is 29.6 Å². The van der Waals surface area contributed by atoms with Gasteiger partial charge in [0.2, 0.25) is 10.0 Å². The normalized spacial score (nSPS) is 14.5. The van der Waals surface area contributed by atoms with Crippen LogP contribution in [0.5, 0.6) is 0 Å². The highest BCUT2D eigenvalue weighted by molar-refractivity contribution is 7.89. The summed E-state index contributed by atoms with van der Waals surface area (Å²) in [5.74, 6) is -0.860. The average molecular weight is 432 g/mol. The molecule has 0 aliphatic carbocycles. The molecule has 0 spiro atoms. The molecule has 0 radical (unpaired) electrons. The maximum Gasteiger partial charge on any atom is 0.339 e. The van der Waals surface area contributed by atoms with Crippen LogP contribution in [-0.4, -0.2) is 49.3 Å². The van der Waals surface area contributed by atoms with Crippen LogP contribution in [0.1, 0.15) is 51.9 Å². The highest BCUT2D eigenvalue weighted by Gasteiger charge is 2.26. The topological polar surface area (TPSA) is 106 Å². The fraction of sp³-hybridized carbons (Fsp3) is 0.381. The van der Waals surface area contributed by atoms with Crippen LogP contribution in [0.25, 0.3) is 0 Å². The quantitative estimate of drug-likeness (QED) is 0.674. The molecule has 3 rings (SSSR count). The van der Waals surface area contributed by atoms with Crippen molar-refractivity contribution in [2.24, 2.45) is 0 Å². The molecule has 2 aromatic rings. The first-order valence-corrected chi connectivity index (χ1v) is 11.3. The van der Waals surface area contributed by atoms with Crippen LogP contribution in [0.2, 0.25) is 0 Å². The van der Waals surface area contributed by atoms with Crippen molar-refractivity contribution in [2.75, 3.05) is 19.7 Å². The first kappa shape index (κ1) is 21.9. The number of aryl methyl sites for hydroxylation is 1. The van der Waals surface area contributed by atoms with E-state index in [0.717, 1.165) is 18.4 Å². The number of aromatic nitrogens is 1. The lowest BCUT2D eigenvalue weighted by Crippen LogP contribution is -2.28. The Labute approximate surface area is 176 Å². The molecule has 1 fully saturated rings. The van der Waals surface area contributed by atoms with Crippen LogP contribution in [0.15, 0.2) is 41.3 Å². The van der Waals surface area contributed by atoms with Crippen molar-refractivity contribution in [3.05, 3.63) is 58.9 Å². The molecule has 0 atom stereocenters. The van der Waals surface area contributed by atoms with Crippen molar-refractivity contribution < 1.29 is 22.7 Å². The summed E-state index contributed by atoms with van der Waals surface area (Å²) in [5, 5.41) is 2.75. The number of rotatable bonds is 7. The molecule has 1 aliphatic rings. The standard InChI is InChI=1S/C21H25N3O5S/c1-3-29-21(26)18-10-11-19(23-15(18)2)20(25)22-14-16-6-8-17(9-7-16)30(27,28)24-12-4-5-13-24/h6-11H,3-5,12-14H2,1-2H3,(H,22,25). The molecule has 9 heteroatoms. The minimum absolute atomic E-state index is 0.189. The summed E-state index contributed by atoms with van der Waals surface area (Å²) in [4.78, 5) is 28.7. The largest absolute Gasteiger partial charge is 0.462 e. The van der Waals surface area contributed by atoms with Crippen molar-refractivity contribution >= 4 is 21.9 Å². The number of esters is 1. The molecule has 1 aromatic carbocycles. The van der Waals surface area contributed by atoms with Gasteiger partial charge in [0.1, 0.15) is 5.69 Å². The summed E-state index contributed by atoms with van der Waals surface area (Å²) in [6.45, 7) is 4.96. The van der Waals surface area contributed by atoms with Crippen LogP contribution >= 0.6 is 0 Å². The van der Waals surface area contributed by atoms with Crippen molar-refractivity contribution in [3.63, 3.8) is 0 Å². The Morgan fingerprint density at radius 3 is 2.37 bits per heavy atom. The van der Waals surface area contributed by atoms with Gasteiger partial charge in [0, 0.05) is 19.6 Å². The highest BCUT2D eigenvalue weighted by atomic mass is 32.2. The van der Waals surface area contributed by atoms with Gasteiger partial charge >= 0.3 is 5.97 Å². The smallest absolute Gasteiger partial charge is 0.339 e. The second-order valence-corrected chi connectivity index (χ2v) is 8.93. The Morgan fingerprint density at radius 1 is 1.10 bits per heavy atom. The Balaban J connectivity index is 1.62. The summed E-state index contributed by atoms with van der Waals surface area (Å²) in [6, 6.07) is 9.49. The predicted molar refractivity (Wildman–Crippen MR) is 111 cm³/mol. The van der Waals surface area contributed by atoms with Gasteiger partial charge in [-0.05, 0) is 56.5 Å². The minimum atomic E-state index is -3.45. The van der Waals surface area contributed by atoms with Crippen molar-refractivity contribution in [2.45, 2.75) is 38.1 Å². The van der Waals surface area contributed by atoms with E-state index in [9.17, 15) is 18.0 Å². The van der Waals surface area contributed by atoms with Gasteiger partial charge in [0.05, 0.1) is 22.8 Å². The second-order valence-electron chi connectivity index (χ2n) is 6.99. The summed E-state index contributed by atoms with van der Waals surface area (Å²) in [6.07, 6.45) is 1.77. The molecular weight excluding hydrogens is 406 g/mol. The number of amides is 1. The van der Waals surface area contributed by atoms with Crippen LogP contribution in [0, 0.1) is 6.92 Å². The second kappa shape index (κ2) is 9.36. The number of ether oxygens (including phenoxy) is 1. The lowest BCUT2D eigenvalue weighted by atomic mass is 10.1. The van der Waals surface area contributed by atoms with Gasteiger partial charge in [0.25, 0.3) is 5.91 Å². The number of nitrogens with zero attached hydrogens (tertiary/aromatic N) is 2. The van der Waals surface area contributed by atoms with Gasteiger partial charge in [-0.25, -0.2) is 18.2 Å². The fourth-order valence-electron chi connectivity index (χ4n) is 3.24. The molecule has 1 saturated heterocycles. The highest BCUT2D eigenvalue weighted by Crippen LogP contribution is 2.21. The number of hydrogen-bond acceptors (Lipinski definition) is 6. The molecule has 160 valence electrons. The lowest BCUT2D eigenvalue weighted by molar-refractivity contribution is 0.0524. The lowest BCUT2D eigenvalue weighted by Gasteiger charge is -2.15. The molecular formula is C21H25N3O5S. The SMILES string of the molecule is CCOC(=O)c1ccc(C(=O)NCc2ccc(S(=O)(=O)N3CCCC3)cc2)nc1C. The monoisotopic (exact) mass is 431 g/mol. The third-order valence-electron chi connectivity index (χ3n) is 4.89. The average Bonchev–Trinajstić information content (AvgIpc) is 3.28. The molecule has 0 unspecified atom stereocenters. The maximum absolute atomic E-state index is 12.6. The van der Waals surface area contributed by atoms with E-state index >= 15 is 0 Å². The van der Waals surface area contributed by atoms with Crippen LogP contribution < -0.4 is 5.32 Å². The molecule has 30 heavy (non-hydrogen) atoms. The van der Waals surface area contributed by atoms with Crippen molar-refractivity contribution in [3.8, 4) is 0 Å². The molecule has 1 N–H and O–H groups in total. The zero-order valence-corrected chi connectivity index (χ0v) is 17.9. The molecule has 1 aromatic heterocycles. The summed E-state index contributed by atoms with van der Waals surface area (Å²) in [5.41, 5.74) is 1.69. The van der Waals surface area contributed by atoms with Crippen molar-refractivity contribution in [1.82, 2.24) is 14.6 Å².